The maximum absolute atomic E-state index is 12.7. The van der Waals surface area contributed by atoms with Crippen molar-refractivity contribution in [2.24, 2.45) is 0 Å². The van der Waals surface area contributed by atoms with E-state index in [-0.39, 0.29) is 4.90 Å². The van der Waals surface area contributed by atoms with E-state index in [1.54, 1.807) is 54.9 Å². The van der Waals surface area contributed by atoms with Crippen LogP contribution in [0, 0.1) is 13.8 Å². The van der Waals surface area contributed by atoms with E-state index >= 15 is 0 Å². The molecule has 0 aliphatic heterocycles. The molecule has 4 rings (SSSR count). The molecule has 0 unspecified atom stereocenters. The summed E-state index contributed by atoms with van der Waals surface area (Å²) in [6, 6.07) is 15.0. The highest BCUT2D eigenvalue weighted by Gasteiger charge is 2.15. The highest BCUT2D eigenvalue weighted by atomic mass is 32.2. The van der Waals surface area contributed by atoms with Crippen LogP contribution in [0.5, 0.6) is 5.75 Å². The van der Waals surface area contributed by atoms with Crippen molar-refractivity contribution in [3.63, 3.8) is 0 Å². The molecule has 30 heavy (non-hydrogen) atoms. The van der Waals surface area contributed by atoms with Crippen LogP contribution in [0.15, 0.2) is 59.5 Å². The zero-order valence-corrected chi connectivity index (χ0v) is 17.4. The Bertz CT molecular complexity index is 1300. The smallest absolute Gasteiger partial charge is 0.261 e. The van der Waals surface area contributed by atoms with Gasteiger partial charge in [-0.3, -0.25) is 4.72 Å². The molecule has 0 aliphatic rings. The molecule has 9 nitrogen and oxygen atoms in total. The van der Waals surface area contributed by atoms with E-state index in [1.165, 1.54) is 12.1 Å². The molecule has 0 radical (unpaired) electrons. The van der Waals surface area contributed by atoms with Crippen LogP contribution in [0.1, 0.15) is 11.5 Å². The molecule has 0 bridgehead atoms. The Morgan fingerprint density at radius 1 is 0.933 bits per heavy atom. The van der Waals surface area contributed by atoms with Gasteiger partial charge in [-0.2, -0.15) is 9.50 Å². The lowest BCUT2D eigenvalue weighted by Gasteiger charge is -2.11. The number of fused-ring (bicyclic) bond motifs is 1. The van der Waals surface area contributed by atoms with E-state index in [2.05, 4.69) is 25.1 Å². The summed E-state index contributed by atoms with van der Waals surface area (Å²) in [5, 5.41) is 7.57. The van der Waals surface area contributed by atoms with Crippen molar-refractivity contribution in [2.45, 2.75) is 18.7 Å². The molecule has 4 aromatic rings. The highest BCUT2D eigenvalue weighted by Crippen LogP contribution is 2.22. The van der Waals surface area contributed by atoms with Crippen LogP contribution in [-0.4, -0.2) is 35.1 Å². The van der Waals surface area contributed by atoms with E-state index < -0.39 is 10.0 Å². The molecule has 2 N–H and O–H groups in total. The minimum absolute atomic E-state index is 0.150. The van der Waals surface area contributed by atoms with Gasteiger partial charge in [-0.25, -0.2) is 13.4 Å². The molecule has 0 spiro atoms. The van der Waals surface area contributed by atoms with Crippen molar-refractivity contribution in [3.05, 3.63) is 66.1 Å². The number of rotatable bonds is 6. The first-order valence-corrected chi connectivity index (χ1v) is 10.6. The van der Waals surface area contributed by atoms with E-state index in [4.69, 9.17) is 4.74 Å². The molecular weight excluding hydrogens is 404 g/mol. The Balaban J connectivity index is 1.55. The van der Waals surface area contributed by atoms with E-state index in [0.717, 1.165) is 5.69 Å². The fraction of sp³-hybridized carbons (Fsp3) is 0.150. The SMILES string of the molecule is COc1ccc(NS(=O)(=O)c2ccc(Nc3cc(C)nc4nc(C)nn34)cc2)cc1. The van der Waals surface area contributed by atoms with Gasteiger partial charge in [-0.05, 0) is 62.4 Å². The fourth-order valence-corrected chi connectivity index (χ4v) is 3.97. The van der Waals surface area contributed by atoms with Crippen molar-refractivity contribution >= 4 is 33.0 Å². The monoisotopic (exact) mass is 424 g/mol. The number of aromatic nitrogens is 4. The Morgan fingerprint density at radius 3 is 2.27 bits per heavy atom. The standard InChI is InChI=1S/C20H20N6O3S/c1-13-12-19(26-20(21-13)22-14(2)24-26)23-15-6-10-18(11-7-15)30(27,28)25-16-4-8-17(29-3)9-5-16/h4-12,23,25H,1-3H3. The van der Waals surface area contributed by atoms with E-state index in [9.17, 15) is 8.42 Å². The summed E-state index contributed by atoms with van der Waals surface area (Å²) in [5.74, 6) is 2.45. The van der Waals surface area contributed by atoms with Crippen LogP contribution in [0.25, 0.3) is 5.78 Å². The van der Waals surface area contributed by atoms with Crippen LogP contribution in [0.3, 0.4) is 0 Å². The summed E-state index contributed by atoms with van der Waals surface area (Å²) >= 11 is 0. The molecule has 2 aromatic heterocycles. The molecule has 2 aromatic carbocycles. The van der Waals surface area contributed by atoms with Gasteiger partial charge in [0.2, 0.25) is 0 Å². The Kier molecular flexibility index (Phi) is 5.00. The number of methoxy groups -OCH3 is 1. The van der Waals surface area contributed by atoms with Crippen molar-refractivity contribution in [1.29, 1.82) is 0 Å². The molecule has 0 fully saturated rings. The molecule has 10 heteroatoms. The third-order valence-electron chi connectivity index (χ3n) is 4.33. The third-order valence-corrected chi connectivity index (χ3v) is 5.72. The summed E-state index contributed by atoms with van der Waals surface area (Å²) in [6.45, 7) is 3.67. The second kappa shape index (κ2) is 7.64. The quantitative estimate of drug-likeness (QED) is 0.489. The normalized spacial score (nSPS) is 11.4. The van der Waals surface area contributed by atoms with Gasteiger partial charge in [-0.1, -0.05) is 0 Å². The summed E-state index contributed by atoms with van der Waals surface area (Å²) in [6.07, 6.45) is 0. The largest absolute Gasteiger partial charge is 0.497 e. The lowest BCUT2D eigenvalue weighted by atomic mass is 10.3. The van der Waals surface area contributed by atoms with Crippen LogP contribution >= 0.6 is 0 Å². The Hall–Kier alpha value is -3.66. The topological polar surface area (TPSA) is 111 Å². The Morgan fingerprint density at radius 2 is 1.60 bits per heavy atom. The number of hydrogen-bond donors (Lipinski definition) is 2. The van der Waals surface area contributed by atoms with E-state index in [1.807, 2.05) is 13.0 Å². The predicted molar refractivity (Wildman–Crippen MR) is 114 cm³/mol. The first-order chi connectivity index (χ1) is 14.3. The molecule has 0 saturated heterocycles. The molecule has 0 amide bonds. The van der Waals surface area contributed by atoms with Crippen LogP contribution < -0.4 is 14.8 Å². The minimum Gasteiger partial charge on any atom is -0.497 e. The third kappa shape index (κ3) is 4.03. The van der Waals surface area contributed by atoms with E-state index in [0.29, 0.717) is 34.5 Å². The van der Waals surface area contributed by atoms with Gasteiger partial charge in [0.25, 0.3) is 15.8 Å². The molecule has 0 aliphatic carbocycles. The zero-order chi connectivity index (χ0) is 21.3. The minimum atomic E-state index is -3.72. The lowest BCUT2D eigenvalue weighted by Crippen LogP contribution is -2.12. The number of nitrogens with one attached hydrogen (secondary N) is 2. The molecule has 2 heterocycles. The maximum Gasteiger partial charge on any atom is 0.261 e. The summed E-state index contributed by atoms with van der Waals surface area (Å²) in [7, 11) is -2.16. The first kappa shape index (κ1) is 19.6. The van der Waals surface area contributed by atoms with Gasteiger partial charge in [0, 0.05) is 23.1 Å². The number of benzene rings is 2. The van der Waals surface area contributed by atoms with Gasteiger partial charge in [0.05, 0.1) is 12.0 Å². The summed E-state index contributed by atoms with van der Waals surface area (Å²) in [5.41, 5.74) is 1.95. The first-order valence-electron chi connectivity index (χ1n) is 9.09. The summed E-state index contributed by atoms with van der Waals surface area (Å²) in [4.78, 5) is 8.78. The number of sulfonamides is 1. The number of hydrogen-bond acceptors (Lipinski definition) is 7. The number of anilines is 3. The van der Waals surface area contributed by atoms with Gasteiger partial charge < -0.3 is 10.1 Å². The van der Waals surface area contributed by atoms with Crippen LogP contribution in [0.2, 0.25) is 0 Å². The second-order valence-corrected chi connectivity index (χ2v) is 8.32. The lowest BCUT2D eigenvalue weighted by molar-refractivity contribution is 0.415. The predicted octanol–water partition coefficient (Wildman–Crippen LogP) is 3.29. The average Bonchev–Trinajstić information content (AvgIpc) is 3.09. The van der Waals surface area contributed by atoms with Crippen LogP contribution in [-0.2, 0) is 10.0 Å². The van der Waals surface area contributed by atoms with Crippen molar-refractivity contribution < 1.29 is 13.2 Å². The van der Waals surface area contributed by atoms with Crippen molar-refractivity contribution in [3.8, 4) is 5.75 Å². The van der Waals surface area contributed by atoms with Gasteiger partial charge in [-0.15, -0.1) is 5.10 Å². The van der Waals surface area contributed by atoms with Crippen molar-refractivity contribution in [2.75, 3.05) is 17.1 Å². The maximum atomic E-state index is 12.7. The molecule has 154 valence electrons. The van der Waals surface area contributed by atoms with Crippen LogP contribution in [0.4, 0.5) is 17.2 Å². The molecule has 0 saturated carbocycles. The molecular formula is C20H20N6O3S. The number of ether oxygens (including phenoxy) is 1. The van der Waals surface area contributed by atoms with Gasteiger partial charge in [0.15, 0.2) is 0 Å². The molecule has 0 atom stereocenters. The highest BCUT2D eigenvalue weighted by molar-refractivity contribution is 7.92. The summed E-state index contributed by atoms with van der Waals surface area (Å²) < 4.78 is 34.6. The number of nitrogens with zero attached hydrogens (tertiary/aromatic N) is 4. The number of aryl methyl sites for hydroxylation is 2. The second-order valence-electron chi connectivity index (χ2n) is 6.64. The van der Waals surface area contributed by atoms with Crippen molar-refractivity contribution in [1.82, 2.24) is 19.6 Å². The fourth-order valence-electron chi connectivity index (χ4n) is 2.91. The van der Waals surface area contributed by atoms with Gasteiger partial charge in [0.1, 0.15) is 17.4 Å². The zero-order valence-electron chi connectivity index (χ0n) is 16.6. The average molecular weight is 424 g/mol. The van der Waals surface area contributed by atoms with Gasteiger partial charge >= 0.3 is 0 Å². The Labute approximate surface area is 173 Å².